The van der Waals surface area contributed by atoms with Gasteiger partial charge in [-0.15, -0.1) is 0 Å². The van der Waals surface area contributed by atoms with Gasteiger partial charge >= 0.3 is 0 Å². The van der Waals surface area contributed by atoms with Crippen molar-refractivity contribution >= 4 is 0 Å². The summed E-state index contributed by atoms with van der Waals surface area (Å²) in [6.07, 6.45) is 11.8. The molecule has 0 aromatic rings. The maximum absolute atomic E-state index is 5.99. The zero-order valence-electron chi connectivity index (χ0n) is 12.5. The first-order valence-corrected chi connectivity index (χ1v) is 7.87. The Kier molecular flexibility index (Phi) is 8.36. The predicted octanol–water partition coefficient (Wildman–Crippen LogP) is 4.06. The van der Waals surface area contributed by atoms with Crippen molar-refractivity contribution in [2.75, 3.05) is 13.2 Å². The Morgan fingerprint density at radius 3 is 2.72 bits per heavy atom. The maximum atomic E-state index is 5.99. The summed E-state index contributed by atoms with van der Waals surface area (Å²) < 4.78 is 5.99. The number of hydrogen-bond donors (Lipinski definition) is 1. The van der Waals surface area contributed by atoms with Gasteiger partial charge in [0.05, 0.1) is 12.1 Å². The lowest BCUT2D eigenvalue weighted by Gasteiger charge is -2.30. The molecule has 1 rings (SSSR count). The van der Waals surface area contributed by atoms with Crippen LogP contribution in [0.2, 0.25) is 0 Å². The Morgan fingerprint density at radius 2 is 2.06 bits per heavy atom. The van der Waals surface area contributed by atoms with E-state index in [0.717, 1.165) is 19.6 Å². The Bertz CT molecular complexity index is 231. The second-order valence-corrected chi connectivity index (χ2v) is 5.20. The largest absolute Gasteiger partial charge is 0.377 e. The van der Waals surface area contributed by atoms with Gasteiger partial charge in [-0.25, -0.2) is 0 Å². The Hall–Kier alpha value is -0.340. The van der Waals surface area contributed by atoms with Crippen molar-refractivity contribution < 1.29 is 4.74 Å². The second kappa shape index (κ2) is 9.57. The molecular formula is C16H31NO. The van der Waals surface area contributed by atoms with Crippen LogP contribution in [-0.4, -0.2) is 25.3 Å². The fourth-order valence-corrected chi connectivity index (χ4v) is 2.89. The first kappa shape index (κ1) is 15.7. The molecule has 0 fully saturated rings. The molecule has 0 radical (unpaired) electrons. The summed E-state index contributed by atoms with van der Waals surface area (Å²) in [5.74, 6) is 0. The number of likely N-dealkylation sites (N-methyl/N-ethyl adjacent to an activating group) is 1. The van der Waals surface area contributed by atoms with Crippen LogP contribution in [-0.2, 0) is 4.74 Å². The van der Waals surface area contributed by atoms with Gasteiger partial charge in [0.25, 0.3) is 0 Å². The molecule has 0 aromatic carbocycles. The molecule has 2 atom stereocenters. The van der Waals surface area contributed by atoms with Crippen molar-refractivity contribution in [3.05, 3.63) is 11.6 Å². The molecule has 0 saturated heterocycles. The lowest BCUT2D eigenvalue weighted by atomic mass is 9.94. The van der Waals surface area contributed by atoms with Crippen molar-refractivity contribution in [1.82, 2.24) is 5.32 Å². The van der Waals surface area contributed by atoms with Crippen LogP contribution in [0, 0.1) is 0 Å². The average molecular weight is 253 g/mol. The van der Waals surface area contributed by atoms with Crippen LogP contribution in [0.1, 0.15) is 65.7 Å². The predicted molar refractivity (Wildman–Crippen MR) is 79.0 cm³/mol. The standard InChI is InChI=1S/C16H31NO/c1-4-11-15(18-6-3)16(17-5-2)14-12-9-7-8-10-13-14/h12,15-17H,4-11,13H2,1-3H3. The van der Waals surface area contributed by atoms with Gasteiger partial charge in [-0.3, -0.25) is 0 Å². The number of nitrogens with one attached hydrogen (secondary N) is 1. The van der Waals surface area contributed by atoms with Crippen molar-refractivity contribution in [2.45, 2.75) is 77.9 Å². The van der Waals surface area contributed by atoms with Crippen molar-refractivity contribution in [2.24, 2.45) is 0 Å². The molecular weight excluding hydrogens is 222 g/mol. The highest BCUT2D eigenvalue weighted by atomic mass is 16.5. The van der Waals surface area contributed by atoms with Gasteiger partial charge in [0.2, 0.25) is 0 Å². The zero-order chi connectivity index (χ0) is 13.2. The Morgan fingerprint density at radius 1 is 1.22 bits per heavy atom. The van der Waals surface area contributed by atoms with Crippen molar-refractivity contribution in [3.63, 3.8) is 0 Å². The number of allylic oxidation sites excluding steroid dienone is 1. The average Bonchev–Trinajstić information content (AvgIpc) is 2.64. The third kappa shape index (κ3) is 5.11. The molecule has 0 aliphatic heterocycles. The van der Waals surface area contributed by atoms with E-state index in [2.05, 4.69) is 32.2 Å². The third-order valence-electron chi connectivity index (χ3n) is 3.73. The van der Waals surface area contributed by atoms with Crippen molar-refractivity contribution in [3.8, 4) is 0 Å². The van der Waals surface area contributed by atoms with E-state index in [4.69, 9.17) is 4.74 Å². The second-order valence-electron chi connectivity index (χ2n) is 5.20. The summed E-state index contributed by atoms with van der Waals surface area (Å²) in [6, 6.07) is 0.438. The van der Waals surface area contributed by atoms with Gasteiger partial charge < -0.3 is 10.1 Å². The van der Waals surface area contributed by atoms with Gasteiger partial charge in [0, 0.05) is 6.61 Å². The first-order chi connectivity index (χ1) is 8.83. The third-order valence-corrected chi connectivity index (χ3v) is 3.73. The van der Waals surface area contributed by atoms with Crippen LogP contribution in [0.25, 0.3) is 0 Å². The minimum atomic E-state index is 0.351. The molecule has 0 bridgehead atoms. The lowest BCUT2D eigenvalue weighted by Crippen LogP contribution is -2.43. The summed E-state index contributed by atoms with van der Waals surface area (Å²) >= 11 is 0. The molecule has 0 saturated carbocycles. The van der Waals surface area contributed by atoms with Crippen LogP contribution in [0.5, 0.6) is 0 Å². The molecule has 1 aliphatic carbocycles. The Balaban J connectivity index is 2.72. The van der Waals surface area contributed by atoms with E-state index in [1.807, 2.05) is 0 Å². The van der Waals surface area contributed by atoms with Gasteiger partial charge in [0.1, 0.15) is 0 Å². The fraction of sp³-hybridized carbons (Fsp3) is 0.875. The molecule has 0 amide bonds. The summed E-state index contributed by atoms with van der Waals surface area (Å²) in [5.41, 5.74) is 1.60. The molecule has 2 heteroatoms. The number of ether oxygens (including phenoxy) is 1. The van der Waals surface area contributed by atoms with Crippen LogP contribution in [0.15, 0.2) is 11.6 Å². The van der Waals surface area contributed by atoms with Gasteiger partial charge in [-0.1, -0.05) is 38.3 Å². The minimum Gasteiger partial charge on any atom is -0.377 e. The molecule has 2 unspecified atom stereocenters. The molecule has 2 nitrogen and oxygen atoms in total. The molecule has 0 heterocycles. The fourth-order valence-electron chi connectivity index (χ4n) is 2.89. The van der Waals surface area contributed by atoms with Crippen LogP contribution in [0.3, 0.4) is 0 Å². The molecule has 106 valence electrons. The molecule has 0 aromatic heterocycles. The van der Waals surface area contributed by atoms with Gasteiger partial charge in [-0.2, -0.15) is 0 Å². The molecule has 0 spiro atoms. The summed E-state index contributed by atoms with van der Waals surface area (Å²) in [6.45, 7) is 8.39. The molecule has 1 aliphatic rings. The molecule has 1 N–H and O–H groups in total. The van der Waals surface area contributed by atoms with Gasteiger partial charge in [-0.05, 0) is 45.6 Å². The maximum Gasteiger partial charge on any atom is 0.0766 e. The minimum absolute atomic E-state index is 0.351. The lowest BCUT2D eigenvalue weighted by molar-refractivity contribution is 0.0364. The first-order valence-electron chi connectivity index (χ1n) is 7.87. The highest BCUT2D eigenvalue weighted by Gasteiger charge is 2.24. The van der Waals surface area contributed by atoms with E-state index in [1.54, 1.807) is 5.57 Å². The van der Waals surface area contributed by atoms with E-state index in [-0.39, 0.29) is 0 Å². The van der Waals surface area contributed by atoms with Gasteiger partial charge in [0.15, 0.2) is 0 Å². The quantitative estimate of drug-likeness (QED) is 0.659. The van der Waals surface area contributed by atoms with E-state index in [1.165, 1.54) is 38.5 Å². The van der Waals surface area contributed by atoms with Crippen LogP contribution < -0.4 is 5.32 Å². The van der Waals surface area contributed by atoms with Crippen LogP contribution in [0.4, 0.5) is 0 Å². The van der Waals surface area contributed by atoms with E-state index >= 15 is 0 Å². The smallest absolute Gasteiger partial charge is 0.0766 e. The zero-order valence-corrected chi connectivity index (χ0v) is 12.5. The topological polar surface area (TPSA) is 21.3 Å². The molecule has 18 heavy (non-hydrogen) atoms. The van der Waals surface area contributed by atoms with Crippen molar-refractivity contribution in [1.29, 1.82) is 0 Å². The normalized spacial score (nSPS) is 20.1. The van der Waals surface area contributed by atoms with E-state index in [0.29, 0.717) is 12.1 Å². The SMILES string of the molecule is CCCC(OCC)C(NCC)C1=CCCCCC1. The number of hydrogen-bond acceptors (Lipinski definition) is 2. The summed E-state index contributed by atoms with van der Waals surface area (Å²) in [4.78, 5) is 0. The highest BCUT2D eigenvalue weighted by Crippen LogP contribution is 2.24. The summed E-state index contributed by atoms with van der Waals surface area (Å²) in [5, 5.41) is 3.66. The van der Waals surface area contributed by atoms with Crippen LogP contribution >= 0.6 is 0 Å². The Labute approximate surface area is 113 Å². The highest BCUT2D eigenvalue weighted by molar-refractivity contribution is 5.14. The summed E-state index contributed by atoms with van der Waals surface area (Å²) in [7, 11) is 0. The monoisotopic (exact) mass is 253 g/mol. The van der Waals surface area contributed by atoms with E-state index in [9.17, 15) is 0 Å². The number of rotatable bonds is 8. The van der Waals surface area contributed by atoms with E-state index < -0.39 is 0 Å².